The predicted octanol–water partition coefficient (Wildman–Crippen LogP) is 0.934. The van der Waals surface area contributed by atoms with Crippen molar-refractivity contribution in [3.63, 3.8) is 0 Å². The first kappa shape index (κ1) is 11.9. The molecular formula is C13H18N2O2. The fraction of sp³-hybridized carbons (Fsp3) is 0.462. The van der Waals surface area contributed by atoms with Gasteiger partial charge in [-0.15, -0.1) is 0 Å². The molecule has 1 aliphatic rings. The van der Waals surface area contributed by atoms with E-state index in [1.54, 1.807) is 0 Å². The van der Waals surface area contributed by atoms with Gasteiger partial charge in [0, 0.05) is 19.0 Å². The predicted molar refractivity (Wildman–Crippen MR) is 66.0 cm³/mol. The molecule has 1 aliphatic heterocycles. The second kappa shape index (κ2) is 6.25. The van der Waals surface area contributed by atoms with E-state index in [0.717, 1.165) is 25.3 Å². The monoisotopic (exact) mass is 234 g/mol. The number of benzene rings is 1. The van der Waals surface area contributed by atoms with Crippen molar-refractivity contribution in [3.05, 3.63) is 30.3 Å². The lowest BCUT2D eigenvalue weighted by Gasteiger charge is -2.10. The summed E-state index contributed by atoms with van der Waals surface area (Å²) in [6, 6.07) is 10.1. The Labute approximate surface area is 101 Å². The van der Waals surface area contributed by atoms with E-state index >= 15 is 0 Å². The maximum atomic E-state index is 11.0. The van der Waals surface area contributed by atoms with Gasteiger partial charge in [0.1, 0.15) is 5.75 Å². The van der Waals surface area contributed by atoms with Crippen LogP contribution in [0.25, 0.3) is 0 Å². The van der Waals surface area contributed by atoms with Gasteiger partial charge in [-0.1, -0.05) is 18.2 Å². The first-order valence-corrected chi connectivity index (χ1v) is 6.02. The van der Waals surface area contributed by atoms with Crippen molar-refractivity contribution in [1.82, 2.24) is 10.6 Å². The number of amides is 1. The molecule has 1 unspecified atom stereocenters. The van der Waals surface area contributed by atoms with Gasteiger partial charge in [-0.25, -0.2) is 0 Å². The van der Waals surface area contributed by atoms with Crippen molar-refractivity contribution in [2.24, 2.45) is 0 Å². The Bertz CT molecular complexity index is 354. The molecule has 1 heterocycles. The van der Waals surface area contributed by atoms with Crippen LogP contribution in [-0.4, -0.2) is 31.6 Å². The minimum Gasteiger partial charge on any atom is -0.494 e. The Kier molecular flexibility index (Phi) is 4.38. The van der Waals surface area contributed by atoms with Crippen LogP contribution in [-0.2, 0) is 4.79 Å². The minimum absolute atomic E-state index is 0.142. The van der Waals surface area contributed by atoms with Gasteiger partial charge in [0.2, 0.25) is 5.91 Å². The summed E-state index contributed by atoms with van der Waals surface area (Å²) in [7, 11) is 0. The third-order valence-electron chi connectivity index (χ3n) is 2.74. The smallest absolute Gasteiger partial charge is 0.221 e. The molecule has 1 fully saturated rings. The van der Waals surface area contributed by atoms with Gasteiger partial charge < -0.3 is 15.4 Å². The number of carbonyl (C=O) groups excluding carboxylic acids is 1. The molecule has 0 saturated carbocycles. The molecule has 92 valence electrons. The minimum atomic E-state index is 0.142. The molecule has 4 heteroatoms. The Morgan fingerprint density at radius 2 is 2.18 bits per heavy atom. The van der Waals surface area contributed by atoms with Crippen LogP contribution >= 0.6 is 0 Å². The van der Waals surface area contributed by atoms with Crippen molar-refractivity contribution in [3.8, 4) is 5.75 Å². The molecule has 0 aromatic heterocycles. The molecule has 2 rings (SSSR count). The summed E-state index contributed by atoms with van der Waals surface area (Å²) in [6.45, 7) is 2.33. The molecule has 1 amide bonds. The van der Waals surface area contributed by atoms with Crippen molar-refractivity contribution >= 4 is 5.91 Å². The first-order valence-electron chi connectivity index (χ1n) is 6.02. The van der Waals surface area contributed by atoms with Crippen LogP contribution < -0.4 is 15.4 Å². The number of para-hydroxylation sites is 1. The Hall–Kier alpha value is -1.55. The van der Waals surface area contributed by atoms with Crippen LogP contribution in [0, 0.1) is 0 Å². The number of hydrogen-bond donors (Lipinski definition) is 2. The maximum Gasteiger partial charge on any atom is 0.221 e. The normalized spacial score (nSPS) is 19.1. The number of carbonyl (C=O) groups is 1. The lowest BCUT2D eigenvalue weighted by molar-refractivity contribution is -0.119. The first-order chi connectivity index (χ1) is 8.34. The molecule has 1 aromatic rings. The topological polar surface area (TPSA) is 50.4 Å². The van der Waals surface area contributed by atoms with Crippen molar-refractivity contribution in [1.29, 1.82) is 0 Å². The van der Waals surface area contributed by atoms with Gasteiger partial charge in [-0.2, -0.15) is 0 Å². The molecule has 0 radical (unpaired) electrons. The number of hydrogen-bond acceptors (Lipinski definition) is 3. The summed E-state index contributed by atoms with van der Waals surface area (Å²) < 4.78 is 5.57. The summed E-state index contributed by atoms with van der Waals surface area (Å²) in [4.78, 5) is 11.0. The molecule has 0 aliphatic carbocycles. The van der Waals surface area contributed by atoms with E-state index in [2.05, 4.69) is 10.6 Å². The van der Waals surface area contributed by atoms with Crippen LogP contribution in [0.5, 0.6) is 5.75 Å². The molecule has 4 nitrogen and oxygen atoms in total. The third kappa shape index (κ3) is 4.07. The van der Waals surface area contributed by atoms with Crippen LogP contribution in [0.15, 0.2) is 30.3 Å². The maximum absolute atomic E-state index is 11.0. The van der Waals surface area contributed by atoms with Gasteiger partial charge in [0.25, 0.3) is 0 Å². The van der Waals surface area contributed by atoms with Crippen molar-refractivity contribution < 1.29 is 9.53 Å². The SMILES string of the molecule is O=C1CC(NCCCOc2ccccc2)CN1. The lowest BCUT2D eigenvalue weighted by atomic mass is 10.2. The Morgan fingerprint density at radius 1 is 1.35 bits per heavy atom. The second-order valence-electron chi connectivity index (χ2n) is 4.17. The fourth-order valence-corrected chi connectivity index (χ4v) is 1.83. The average Bonchev–Trinajstić information content (AvgIpc) is 2.76. The van der Waals surface area contributed by atoms with Crippen molar-refractivity contribution in [2.45, 2.75) is 18.9 Å². The van der Waals surface area contributed by atoms with Crippen LogP contribution in [0.3, 0.4) is 0 Å². The highest BCUT2D eigenvalue weighted by Gasteiger charge is 2.19. The van der Waals surface area contributed by atoms with Crippen LogP contribution in [0.1, 0.15) is 12.8 Å². The summed E-state index contributed by atoms with van der Waals surface area (Å²) in [5.74, 6) is 1.05. The van der Waals surface area contributed by atoms with E-state index in [9.17, 15) is 4.79 Å². The molecule has 1 aromatic carbocycles. The summed E-state index contributed by atoms with van der Waals surface area (Å²) in [5.41, 5.74) is 0. The average molecular weight is 234 g/mol. The highest BCUT2D eigenvalue weighted by Crippen LogP contribution is 2.08. The van der Waals surface area contributed by atoms with Crippen LogP contribution in [0.4, 0.5) is 0 Å². The molecule has 2 N–H and O–H groups in total. The third-order valence-corrected chi connectivity index (χ3v) is 2.74. The molecular weight excluding hydrogens is 216 g/mol. The zero-order chi connectivity index (χ0) is 11.9. The largest absolute Gasteiger partial charge is 0.494 e. The summed E-state index contributed by atoms with van der Waals surface area (Å²) in [6.07, 6.45) is 1.54. The van der Waals surface area contributed by atoms with Gasteiger partial charge in [0.05, 0.1) is 6.61 Å². The van der Waals surface area contributed by atoms with Gasteiger partial charge >= 0.3 is 0 Å². The fourth-order valence-electron chi connectivity index (χ4n) is 1.83. The molecule has 1 saturated heterocycles. The highest BCUT2D eigenvalue weighted by atomic mass is 16.5. The summed E-state index contributed by atoms with van der Waals surface area (Å²) >= 11 is 0. The molecule has 0 bridgehead atoms. The number of ether oxygens (including phenoxy) is 1. The molecule has 1 atom stereocenters. The van der Waals surface area contributed by atoms with Gasteiger partial charge in [0.15, 0.2) is 0 Å². The van der Waals surface area contributed by atoms with Gasteiger partial charge in [-0.05, 0) is 25.1 Å². The van der Waals surface area contributed by atoms with E-state index in [1.165, 1.54) is 0 Å². The summed E-state index contributed by atoms with van der Waals surface area (Å²) in [5, 5.41) is 6.14. The standard InChI is InChI=1S/C13H18N2O2/c16-13-9-11(10-15-13)14-7-4-8-17-12-5-2-1-3-6-12/h1-3,5-6,11,14H,4,7-10H2,(H,15,16). The lowest BCUT2D eigenvalue weighted by Crippen LogP contribution is -2.32. The number of rotatable bonds is 6. The zero-order valence-corrected chi connectivity index (χ0v) is 9.82. The second-order valence-corrected chi connectivity index (χ2v) is 4.17. The van der Waals surface area contributed by atoms with E-state index in [1.807, 2.05) is 30.3 Å². The molecule has 17 heavy (non-hydrogen) atoms. The Balaban J connectivity index is 1.53. The highest BCUT2D eigenvalue weighted by molar-refractivity contribution is 5.78. The number of nitrogens with one attached hydrogen (secondary N) is 2. The zero-order valence-electron chi connectivity index (χ0n) is 9.82. The van der Waals surface area contributed by atoms with E-state index in [0.29, 0.717) is 19.1 Å². The quantitative estimate of drug-likeness (QED) is 0.720. The van der Waals surface area contributed by atoms with E-state index < -0.39 is 0 Å². The van der Waals surface area contributed by atoms with Gasteiger partial charge in [-0.3, -0.25) is 4.79 Å². The molecule has 0 spiro atoms. The van der Waals surface area contributed by atoms with Crippen molar-refractivity contribution in [2.75, 3.05) is 19.7 Å². The van der Waals surface area contributed by atoms with Crippen LogP contribution in [0.2, 0.25) is 0 Å². The Morgan fingerprint density at radius 3 is 2.88 bits per heavy atom. The van der Waals surface area contributed by atoms with E-state index in [4.69, 9.17) is 4.74 Å². The van der Waals surface area contributed by atoms with E-state index in [-0.39, 0.29) is 5.91 Å².